The van der Waals surface area contributed by atoms with E-state index in [1.54, 1.807) is 12.1 Å². The molecule has 1 atom stereocenters. The Morgan fingerprint density at radius 1 is 1.00 bits per heavy atom. The lowest BCUT2D eigenvalue weighted by Crippen LogP contribution is -2.22. The van der Waals surface area contributed by atoms with Crippen molar-refractivity contribution in [3.63, 3.8) is 0 Å². The fourth-order valence-electron chi connectivity index (χ4n) is 3.04. The first-order valence-corrected chi connectivity index (χ1v) is 8.98. The van der Waals surface area contributed by atoms with E-state index in [9.17, 15) is 4.79 Å². The average molecular weight is 377 g/mol. The van der Waals surface area contributed by atoms with Gasteiger partial charge in [-0.05, 0) is 29.8 Å². The number of rotatable bonds is 4. The number of nitrogens with one attached hydrogen (secondary N) is 1. The quantitative estimate of drug-likeness (QED) is 0.719. The molecule has 0 saturated heterocycles. The third kappa shape index (κ3) is 3.83. The minimum atomic E-state index is -0.260. The lowest BCUT2D eigenvalue weighted by molar-refractivity contribution is -0.110. The number of benzene rings is 2. The summed E-state index contributed by atoms with van der Waals surface area (Å²) in [4.78, 5) is 16.8. The number of para-hydroxylation sites is 1. The molecule has 1 aliphatic rings. The van der Waals surface area contributed by atoms with Gasteiger partial charge in [0.15, 0.2) is 0 Å². The molecular weight excluding hydrogens is 360 g/mol. The predicted octanol–water partition coefficient (Wildman–Crippen LogP) is 4.68. The number of hydrogen-bond acceptors (Lipinski definition) is 4. The summed E-state index contributed by atoms with van der Waals surface area (Å²) in [6, 6.07) is 23.2. The predicted molar refractivity (Wildman–Crippen MR) is 108 cm³/mol. The summed E-state index contributed by atoms with van der Waals surface area (Å²) in [5, 5.41) is 9.82. The van der Waals surface area contributed by atoms with Gasteiger partial charge in [0.1, 0.15) is 11.5 Å². The molecule has 0 aliphatic carbocycles. The molecule has 2 aromatic carbocycles. The zero-order valence-electron chi connectivity index (χ0n) is 14.4. The maximum Gasteiger partial charge on any atom is 0.273 e. The second-order valence-electron chi connectivity index (χ2n) is 6.17. The van der Waals surface area contributed by atoms with E-state index in [4.69, 9.17) is 11.6 Å². The summed E-state index contributed by atoms with van der Waals surface area (Å²) < 4.78 is 0. The van der Waals surface area contributed by atoms with Crippen molar-refractivity contribution in [1.29, 1.82) is 0 Å². The van der Waals surface area contributed by atoms with Gasteiger partial charge in [-0.3, -0.25) is 9.80 Å². The highest BCUT2D eigenvalue weighted by molar-refractivity contribution is 6.43. The molecule has 0 spiro atoms. The van der Waals surface area contributed by atoms with Crippen LogP contribution in [0.2, 0.25) is 5.02 Å². The van der Waals surface area contributed by atoms with Crippen LogP contribution in [0.25, 0.3) is 0 Å². The van der Waals surface area contributed by atoms with E-state index in [-0.39, 0.29) is 11.9 Å². The fraction of sp³-hybridized carbons (Fsp3) is 0.0952. The summed E-state index contributed by atoms with van der Waals surface area (Å²) in [5.41, 5.74) is 2.51. The monoisotopic (exact) mass is 376 g/mol. The van der Waals surface area contributed by atoms with Gasteiger partial charge < -0.3 is 5.32 Å². The zero-order chi connectivity index (χ0) is 18.6. The molecule has 1 amide bonds. The molecule has 4 rings (SSSR count). The third-order valence-corrected chi connectivity index (χ3v) is 4.57. The number of hydrogen-bond donors (Lipinski definition) is 1. The van der Waals surface area contributed by atoms with E-state index in [1.165, 1.54) is 6.20 Å². The van der Waals surface area contributed by atoms with Crippen LogP contribution in [0.1, 0.15) is 18.0 Å². The van der Waals surface area contributed by atoms with Gasteiger partial charge in [0.2, 0.25) is 0 Å². The first-order valence-electron chi connectivity index (χ1n) is 8.60. The minimum Gasteiger partial charge on any atom is -0.305 e. The second kappa shape index (κ2) is 7.60. The van der Waals surface area contributed by atoms with Gasteiger partial charge in [0.05, 0.1) is 16.8 Å². The van der Waals surface area contributed by atoms with Gasteiger partial charge in [-0.2, -0.15) is 5.10 Å². The Morgan fingerprint density at radius 2 is 1.70 bits per heavy atom. The molecule has 27 heavy (non-hydrogen) atoms. The van der Waals surface area contributed by atoms with Crippen molar-refractivity contribution in [2.24, 2.45) is 5.10 Å². The van der Waals surface area contributed by atoms with Crippen LogP contribution < -0.4 is 10.3 Å². The molecule has 134 valence electrons. The Morgan fingerprint density at radius 3 is 2.37 bits per heavy atom. The van der Waals surface area contributed by atoms with Crippen LogP contribution in [0.3, 0.4) is 0 Å². The van der Waals surface area contributed by atoms with Crippen molar-refractivity contribution in [1.82, 2.24) is 4.98 Å². The summed E-state index contributed by atoms with van der Waals surface area (Å²) in [6.07, 6.45) is 2.01. The van der Waals surface area contributed by atoms with Crippen LogP contribution in [0.5, 0.6) is 0 Å². The average Bonchev–Trinajstić information content (AvgIpc) is 3.17. The lowest BCUT2D eigenvalue weighted by Gasteiger charge is -2.23. The summed E-state index contributed by atoms with van der Waals surface area (Å²) in [7, 11) is 0. The maximum absolute atomic E-state index is 12.7. The Hall–Kier alpha value is -3.18. The largest absolute Gasteiger partial charge is 0.305 e. The molecular formula is C21H17ClN4O. The van der Waals surface area contributed by atoms with Gasteiger partial charge in [-0.1, -0.05) is 60.1 Å². The summed E-state index contributed by atoms with van der Waals surface area (Å²) in [6.45, 7) is 0. The Balaban J connectivity index is 1.61. The van der Waals surface area contributed by atoms with Gasteiger partial charge in [0.25, 0.3) is 5.91 Å². The van der Waals surface area contributed by atoms with Crippen LogP contribution >= 0.6 is 11.6 Å². The van der Waals surface area contributed by atoms with Crippen LogP contribution in [-0.4, -0.2) is 16.6 Å². The van der Waals surface area contributed by atoms with Crippen LogP contribution in [0.15, 0.2) is 84.1 Å². The van der Waals surface area contributed by atoms with Gasteiger partial charge in [-0.25, -0.2) is 4.98 Å². The molecule has 1 aromatic heterocycles. The SMILES string of the molecule is O=C(Nc1ccc(Cl)cn1)C1=NN(c2ccccc2)C(c2ccccc2)C1. The van der Waals surface area contributed by atoms with Gasteiger partial charge >= 0.3 is 0 Å². The normalized spacial score (nSPS) is 16.1. The highest BCUT2D eigenvalue weighted by atomic mass is 35.5. The highest BCUT2D eigenvalue weighted by Crippen LogP contribution is 2.35. The van der Waals surface area contributed by atoms with Gasteiger partial charge in [-0.15, -0.1) is 0 Å². The molecule has 1 aliphatic heterocycles. The smallest absolute Gasteiger partial charge is 0.273 e. The standard InChI is InChI=1S/C21H17ClN4O/c22-16-11-12-20(23-14-16)24-21(27)18-13-19(15-7-3-1-4-8-15)26(25-18)17-9-5-2-6-10-17/h1-12,14,19H,13H2,(H,23,24,27). The van der Waals surface area contributed by atoms with E-state index in [1.807, 2.05) is 53.5 Å². The molecule has 0 saturated carbocycles. The lowest BCUT2D eigenvalue weighted by atomic mass is 10.0. The number of aromatic nitrogens is 1. The first kappa shape index (κ1) is 17.2. The van der Waals surface area contributed by atoms with E-state index >= 15 is 0 Å². The molecule has 0 radical (unpaired) electrons. The Bertz CT molecular complexity index is 958. The van der Waals surface area contributed by atoms with Crippen LogP contribution in [0.4, 0.5) is 11.5 Å². The van der Waals surface area contributed by atoms with Crippen LogP contribution in [-0.2, 0) is 4.79 Å². The van der Waals surface area contributed by atoms with Gasteiger partial charge in [0, 0.05) is 12.6 Å². The number of hydrazone groups is 1. The number of anilines is 2. The number of nitrogens with zero attached hydrogens (tertiary/aromatic N) is 3. The van der Waals surface area contributed by atoms with E-state index in [0.29, 0.717) is 23.0 Å². The van der Waals surface area contributed by atoms with Crippen molar-refractivity contribution in [3.8, 4) is 0 Å². The number of carbonyl (C=O) groups excluding carboxylic acids is 1. The molecule has 3 aromatic rings. The topological polar surface area (TPSA) is 57.6 Å². The summed E-state index contributed by atoms with van der Waals surface area (Å²) in [5.74, 6) is 0.186. The van der Waals surface area contributed by atoms with E-state index in [2.05, 4.69) is 27.5 Å². The minimum absolute atomic E-state index is 0.0347. The molecule has 1 unspecified atom stereocenters. The van der Waals surface area contributed by atoms with Crippen LogP contribution in [0, 0.1) is 0 Å². The number of halogens is 1. The molecule has 2 heterocycles. The fourth-order valence-corrected chi connectivity index (χ4v) is 3.15. The molecule has 5 nitrogen and oxygen atoms in total. The second-order valence-corrected chi connectivity index (χ2v) is 6.61. The molecule has 6 heteroatoms. The highest BCUT2D eigenvalue weighted by Gasteiger charge is 2.32. The van der Waals surface area contributed by atoms with Crippen molar-refractivity contribution in [2.45, 2.75) is 12.5 Å². The Kier molecular flexibility index (Phi) is 4.85. The van der Waals surface area contributed by atoms with Crippen molar-refractivity contribution < 1.29 is 4.79 Å². The Labute approximate surface area is 162 Å². The van der Waals surface area contributed by atoms with Crippen molar-refractivity contribution in [3.05, 3.63) is 89.6 Å². The molecule has 0 bridgehead atoms. The zero-order valence-corrected chi connectivity index (χ0v) is 15.2. The first-order chi connectivity index (χ1) is 13.2. The summed E-state index contributed by atoms with van der Waals surface area (Å²) >= 11 is 5.84. The third-order valence-electron chi connectivity index (χ3n) is 4.35. The van der Waals surface area contributed by atoms with E-state index < -0.39 is 0 Å². The number of amides is 1. The van der Waals surface area contributed by atoms with E-state index in [0.717, 1.165) is 11.3 Å². The number of pyridine rings is 1. The van der Waals surface area contributed by atoms with Crippen molar-refractivity contribution >= 4 is 34.7 Å². The number of carbonyl (C=O) groups is 1. The van der Waals surface area contributed by atoms with Crippen molar-refractivity contribution in [2.75, 3.05) is 10.3 Å². The maximum atomic E-state index is 12.7. The molecule has 1 N–H and O–H groups in total. The molecule has 0 fully saturated rings.